The Kier molecular flexibility index (Phi) is 6.39. The first kappa shape index (κ1) is 15.5. The molecule has 1 nitrogen and oxygen atoms in total. The maximum Gasteiger partial charge on any atom is 0.188 e. The van der Waals surface area contributed by atoms with Crippen molar-refractivity contribution >= 4 is 54.5 Å². The Morgan fingerprint density at radius 2 is 2.05 bits per heavy atom. The van der Waals surface area contributed by atoms with Gasteiger partial charge in [0.1, 0.15) is 0 Å². The maximum atomic E-state index is 5.86. The lowest BCUT2D eigenvalue weighted by molar-refractivity contribution is 0.312. The van der Waals surface area contributed by atoms with Gasteiger partial charge in [-0.05, 0) is 55.8 Å². The zero-order valence-corrected chi connectivity index (χ0v) is 15.6. The topological polar surface area (TPSA) is 9.23 Å². The van der Waals surface area contributed by atoms with Gasteiger partial charge in [-0.3, -0.25) is 0 Å². The molecule has 0 aliphatic rings. The molecule has 2 heterocycles. The molecule has 0 N–H and O–H groups in total. The van der Waals surface area contributed by atoms with Crippen LogP contribution in [0.4, 0.5) is 0 Å². The highest BCUT2D eigenvalue weighted by atomic mass is 79.9. The first-order valence-electron chi connectivity index (χ1n) is 6.38. The van der Waals surface area contributed by atoms with E-state index in [0.717, 1.165) is 22.6 Å². The third-order valence-electron chi connectivity index (χ3n) is 2.77. The molecular weight excluding hydrogens is 408 g/mol. The van der Waals surface area contributed by atoms with Crippen molar-refractivity contribution in [2.24, 2.45) is 0 Å². The molecule has 0 amide bonds. The lowest BCUT2D eigenvalue weighted by Crippen LogP contribution is -1.95. The molecule has 0 fully saturated rings. The summed E-state index contributed by atoms with van der Waals surface area (Å²) in [4.78, 5) is 1.24. The predicted octanol–water partition coefficient (Wildman–Crippen LogP) is 6.96. The van der Waals surface area contributed by atoms with E-state index in [-0.39, 0.29) is 0 Å². The van der Waals surface area contributed by atoms with Gasteiger partial charge in [-0.2, -0.15) is 0 Å². The van der Waals surface area contributed by atoms with E-state index in [0.29, 0.717) is 0 Å². The van der Waals surface area contributed by atoms with Crippen LogP contribution >= 0.6 is 54.5 Å². The lowest BCUT2D eigenvalue weighted by atomic mass is 10.2. The summed E-state index contributed by atoms with van der Waals surface area (Å²) < 4.78 is 8.09. The van der Waals surface area contributed by atoms with Gasteiger partial charge in [0.05, 0.1) is 14.9 Å². The number of halogens is 2. The molecule has 0 saturated heterocycles. The minimum atomic E-state index is 0.809. The standard InChI is InChI=1S/C14H16Br2OS2/c1-2-3-4-5-7-17-14-11(15)9-12(19-14)10-6-8-18-13(10)16/h6,8-9H,2-5,7H2,1H3. The fourth-order valence-corrected chi connectivity index (χ4v) is 4.93. The molecule has 2 rings (SSSR count). The van der Waals surface area contributed by atoms with Crippen LogP contribution in [0.5, 0.6) is 5.06 Å². The van der Waals surface area contributed by atoms with Crippen molar-refractivity contribution in [1.82, 2.24) is 0 Å². The van der Waals surface area contributed by atoms with Gasteiger partial charge in [0.25, 0.3) is 0 Å². The molecule has 0 aliphatic carbocycles. The Balaban J connectivity index is 1.96. The molecule has 0 saturated carbocycles. The molecule has 0 unspecified atom stereocenters. The Morgan fingerprint density at radius 3 is 2.74 bits per heavy atom. The van der Waals surface area contributed by atoms with Gasteiger partial charge in [0, 0.05) is 10.4 Å². The van der Waals surface area contributed by atoms with Crippen molar-refractivity contribution in [2.45, 2.75) is 32.6 Å². The largest absolute Gasteiger partial charge is 0.483 e. The monoisotopic (exact) mass is 422 g/mol. The van der Waals surface area contributed by atoms with Gasteiger partial charge < -0.3 is 4.74 Å². The molecule has 0 spiro atoms. The van der Waals surface area contributed by atoms with Crippen LogP contribution in [-0.4, -0.2) is 6.61 Å². The Bertz CT molecular complexity index is 519. The van der Waals surface area contributed by atoms with E-state index in [1.54, 1.807) is 22.7 Å². The number of hydrogen-bond acceptors (Lipinski definition) is 3. The van der Waals surface area contributed by atoms with Crippen LogP contribution in [0, 0.1) is 0 Å². The average molecular weight is 424 g/mol. The number of ether oxygens (including phenoxy) is 1. The van der Waals surface area contributed by atoms with Crippen molar-refractivity contribution in [2.75, 3.05) is 6.61 Å². The third kappa shape index (κ3) is 4.31. The van der Waals surface area contributed by atoms with Gasteiger partial charge in [-0.15, -0.1) is 11.3 Å². The molecule has 0 atom stereocenters. The molecule has 0 aromatic carbocycles. The van der Waals surface area contributed by atoms with Crippen molar-refractivity contribution in [1.29, 1.82) is 0 Å². The third-order valence-corrected chi connectivity index (χ3v) is 6.39. The van der Waals surface area contributed by atoms with Crippen LogP contribution in [0.3, 0.4) is 0 Å². The van der Waals surface area contributed by atoms with Crippen molar-refractivity contribution in [3.05, 3.63) is 25.8 Å². The van der Waals surface area contributed by atoms with Crippen LogP contribution in [0.25, 0.3) is 10.4 Å². The fourth-order valence-electron chi connectivity index (χ4n) is 1.75. The number of rotatable bonds is 7. The van der Waals surface area contributed by atoms with E-state index >= 15 is 0 Å². The highest BCUT2D eigenvalue weighted by Gasteiger charge is 2.12. The maximum absolute atomic E-state index is 5.86. The summed E-state index contributed by atoms with van der Waals surface area (Å²) in [6.07, 6.45) is 4.94. The van der Waals surface area contributed by atoms with Crippen molar-refractivity contribution in [3.63, 3.8) is 0 Å². The molecule has 2 aromatic rings. The van der Waals surface area contributed by atoms with Crippen LogP contribution in [0.15, 0.2) is 25.8 Å². The SMILES string of the molecule is CCCCCCOc1sc(-c2ccsc2Br)cc1Br. The highest BCUT2D eigenvalue weighted by molar-refractivity contribution is 9.11. The van der Waals surface area contributed by atoms with Crippen LogP contribution in [0.1, 0.15) is 32.6 Å². The second kappa shape index (κ2) is 7.81. The second-order valence-corrected chi connectivity index (χ2v) is 8.37. The molecule has 5 heteroatoms. The molecular formula is C14H16Br2OS2. The van der Waals surface area contributed by atoms with Gasteiger partial charge in [-0.1, -0.05) is 37.5 Å². The summed E-state index contributed by atoms with van der Waals surface area (Å²) >= 11 is 10.6. The normalized spacial score (nSPS) is 10.9. The molecule has 19 heavy (non-hydrogen) atoms. The van der Waals surface area contributed by atoms with Gasteiger partial charge >= 0.3 is 0 Å². The van der Waals surface area contributed by atoms with E-state index < -0.39 is 0 Å². The quantitative estimate of drug-likeness (QED) is 0.437. The Hall–Kier alpha value is 0.160. The van der Waals surface area contributed by atoms with E-state index in [1.165, 1.54) is 33.5 Å². The number of thiophene rings is 2. The summed E-state index contributed by atoms with van der Waals surface area (Å²) in [5.74, 6) is 0. The fraction of sp³-hybridized carbons (Fsp3) is 0.429. The Labute approximate surface area is 139 Å². The summed E-state index contributed by atoms with van der Waals surface area (Å²) in [5.41, 5.74) is 1.25. The minimum Gasteiger partial charge on any atom is -0.483 e. The lowest BCUT2D eigenvalue weighted by Gasteiger charge is -2.03. The zero-order valence-electron chi connectivity index (χ0n) is 10.7. The van der Waals surface area contributed by atoms with Crippen molar-refractivity contribution in [3.8, 4) is 15.5 Å². The van der Waals surface area contributed by atoms with Crippen molar-refractivity contribution < 1.29 is 4.74 Å². The summed E-state index contributed by atoms with van der Waals surface area (Å²) in [6.45, 7) is 3.03. The van der Waals surface area contributed by atoms with Crippen LogP contribution < -0.4 is 4.74 Å². The summed E-state index contributed by atoms with van der Waals surface area (Å²) in [7, 11) is 0. The second-order valence-electron chi connectivity index (χ2n) is 4.26. The number of unbranched alkanes of at least 4 members (excludes halogenated alkanes) is 3. The molecule has 0 bridgehead atoms. The predicted molar refractivity (Wildman–Crippen MR) is 92.7 cm³/mol. The van der Waals surface area contributed by atoms with E-state index in [4.69, 9.17) is 4.74 Å². The summed E-state index contributed by atoms with van der Waals surface area (Å²) in [5, 5.41) is 3.09. The molecule has 2 aromatic heterocycles. The first-order chi connectivity index (χ1) is 9.22. The summed E-state index contributed by atoms with van der Waals surface area (Å²) in [6, 6.07) is 4.27. The Morgan fingerprint density at radius 1 is 1.21 bits per heavy atom. The molecule has 0 radical (unpaired) electrons. The number of hydrogen-bond donors (Lipinski definition) is 0. The smallest absolute Gasteiger partial charge is 0.188 e. The minimum absolute atomic E-state index is 0.809. The molecule has 0 aliphatic heterocycles. The van der Waals surface area contributed by atoms with Gasteiger partial charge in [-0.25, -0.2) is 0 Å². The van der Waals surface area contributed by atoms with Gasteiger partial charge in [0.15, 0.2) is 5.06 Å². The average Bonchev–Trinajstić information content (AvgIpc) is 2.96. The first-order valence-corrected chi connectivity index (χ1v) is 9.66. The molecule has 104 valence electrons. The van der Waals surface area contributed by atoms with Crippen LogP contribution in [0.2, 0.25) is 0 Å². The van der Waals surface area contributed by atoms with Crippen LogP contribution in [-0.2, 0) is 0 Å². The zero-order chi connectivity index (χ0) is 13.7. The van der Waals surface area contributed by atoms with E-state index in [9.17, 15) is 0 Å². The van der Waals surface area contributed by atoms with E-state index in [2.05, 4.69) is 56.3 Å². The van der Waals surface area contributed by atoms with E-state index in [1.807, 2.05) is 0 Å². The van der Waals surface area contributed by atoms with Gasteiger partial charge in [0.2, 0.25) is 0 Å². The highest BCUT2D eigenvalue weighted by Crippen LogP contribution is 2.44.